The van der Waals surface area contributed by atoms with Crippen LogP contribution in [-0.2, 0) is 21.2 Å². The molecule has 0 aliphatic heterocycles. The van der Waals surface area contributed by atoms with E-state index in [1.54, 1.807) is 36.4 Å². The Kier molecular flexibility index (Phi) is 7.87. The van der Waals surface area contributed by atoms with Crippen LogP contribution < -0.4 is 9.62 Å². The zero-order valence-corrected chi connectivity index (χ0v) is 19.6. The summed E-state index contributed by atoms with van der Waals surface area (Å²) in [6.45, 7) is 1.62. The van der Waals surface area contributed by atoms with Gasteiger partial charge in [-0.05, 0) is 55.7 Å². The molecule has 0 saturated carbocycles. The molecule has 0 aliphatic carbocycles. The molecule has 162 valence electrons. The van der Waals surface area contributed by atoms with Gasteiger partial charge < -0.3 is 5.32 Å². The van der Waals surface area contributed by atoms with Crippen molar-refractivity contribution in [2.75, 3.05) is 10.8 Å². The van der Waals surface area contributed by atoms with Crippen molar-refractivity contribution in [1.29, 1.82) is 0 Å². The fourth-order valence-corrected chi connectivity index (χ4v) is 5.04. The third-order valence-electron chi connectivity index (χ3n) is 4.83. The van der Waals surface area contributed by atoms with E-state index in [4.69, 9.17) is 0 Å². The Bertz CT molecular complexity index is 1110. The van der Waals surface area contributed by atoms with Crippen molar-refractivity contribution in [3.8, 4) is 0 Å². The predicted molar refractivity (Wildman–Crippen MR) is 127 cm³/mol. The maximum Gasteiger partial charge on any atom is 0.264 e. The van der Waals surface area contributed by atoms with E-state index < -0.39 is 10.0 Å². The highest BCUT2D eigenvalue weighted by Gasteiger charge is 2.27. The number of aryl methyl sites for hydroxylation is 1. The molecule has 0 aromatic heterocycles. The molecule has 7 heteroatoms. The minimum absolute atomic E-state index is 0.0866. The molecular formula is C24H25BrN2O3S. The van der Waals surface area contributed by atoms with Crippen LogP contribution in [0.2, 0.25) is 0 Å². The molecule has 1 amide bonds. The van der Waals surface area contributed by atoms with Crippen LogP contribution in [0.15, 0.2) is 94.3 Å². The second-order valence-electron chi connectivity index (χ2n) is 7.30. The molecule has 0 unspecified atom stereocenters. The number of rotatable bonds is 9. The number of carbonyl (C=O) groups excluding carboxylic acids is 1. The monoisotopic (exact) mass is 500 g/mol. The summed E-state index contributed by atoms with van der Waals surface area (Å²) in [7, 11) is -3.91. The van der Waals surface area contributed by atoms with E-state index in [0.717, 1.165) is 21.6 Å². The van der Waals surface area contributed by atoms with Gasteiger partial charge in [-0.15, -0.1) is 0 Å². The molecule has 0 aliphatic rings. The molecule has 5 nitrogen and oxygen atoms in total. The van der Waals surface area contributed by atoms with E-state index in [2.05, 4.69) is 33.4 Å². The molecule has 3 aromatic carbocycles. The van der Waals surface area contributed by atoms with E-state index in [0.29, 0.717) is 5.69 Å². The lowest BCUT2D eigenvalue weighted by Crippen LogP contribution is -2.43. The Hall–Kier alpha value is -2.64. The fraction of sp³-hybridized carbons (Fsp3) is 0.208. The van der Waals surface area contributed by atoms with Crippen LogP contribution in [0.1, 0.15) is 18.9 Å². The highest BCUT2D eigenvalue weighted by Crippen LogP contribution is 2.26. The largest absolute Gasteiger partial charge is 0.352 e. The van der Waals surface area contributed by atoms with Gasteiger partial charge in [-0.2, -0.15) is 0 Å². The first kappa shape index (κ1) is 23.0. The number of nitrogens with one attached hydrogen (secondary N) is 1. The highest BCUT2D eigenvalue weighted by molar-refractivity contribution is 9.10. The van der Waals surface area contributed by atoms with Gasteiger partial charge in [0.05, 0.1) is 10.6 Å². The maximum atomic E-state index is 13.3. The van der Waals surface area contributed by atoms with Crippen molar-refractivity contribution in [1.82, 2.24) is 5.32 Å². The van der Waals surface area contributed by atoms with E-state index in [-0.39, 0.29) is 23.4 Å². The lowest BCUT2D eigenvalue weighted by molar-refractivity contribution is -0.120. The quantitative estimate of drug-likeness (QED) is 0.459. The third-order valence-corrected chi connectivity index (χ3v) is 7.11. The molecule has 0 saturated heterocycles. The van der Waals surface area contributed by atoms with Crippen LogP contribution in [0.4, 0.5) is 5.69 Å². The van der Waals surface area contributed by atoms with Crippen LogP contribution >= 0.6 is 15.9 Å². The van der Waals surface area contributed by atoms with Gasteiger partial charge in [0.25, 0.3) is 10.0 Å². The lowest BCUT2D eigenvalue weighted by atomic mass is 10.1. The van der Waals surface area contributed by atoms with Crippen molar-refractivity contribution >= 4 is 37.5 Å². The molecule has 1 atom stereocenters. The molecule has 3 rings (SSSR count). The average molecular weight is 501 g/mol. The first-order valence-corrected chi connectivity index (χ1v) is 12.3. The van der Waals surface area contributed by atoms with Crippen molar-refractivity contribution < 1.29 is 13.2 Å². The summed E-state index contributed by atoms with van der Waals surface area (Å²) >= 11 is 3.38. The number of halogens is 1. The molecule has 0 spiro atoms. The summed E-state index contributed by atoms with van der Waals surface area (Å²) in [6.07, 6.45) is 1.60. The number of anilines is 1. The van der Waals surface area contributed by atoms with Gasteiger partial charge in [0.2, 0.25) is 5.91 Å². The van der Waals surface area contributed by atoms with Crippen molar-refractivity contribution in [3.63, 3.8) is 0 Å². The molecule has 0 fully saturated rings. The summed E-state index contributed by atoms with van der Waals surface area (Å²) in [5, 5.41) is 2.93. The van der Waals surface area contributed by atoms with Crippen LogP contribution in [0.5, 0.6) is 0 Å². The number of amides is 1. The van der Waals surface area contributed by atoms with Gasteiger partial charge in [-0.25, -0.2) is 8.42 Å². The molecule has 3 aromatic rings. The van der Waals surface area contributed by atoms with Crippen LogP contribution in [0.3, 0.4) is 0 Å². The molecule has 0 heterocycles. The minimum atomic E-state index is -3.91. The smallest absolute Gasteiger partial charge is 0.264 e. The second-order valence-corrected chi connectivity index (χ2v) is 10.1. The van der Waals surface area contributed by atoms with Gasteiger partial charge in [0.1, 0.15) is 6.54 Å². The van der Waals surface area contributed by atoms with Crippen molar-refractivity contribution in [2.45, 2.75) is 30.7 Å². The topological polar surface area (TPSA) is 66.5 Å². The van der Waals surface area contributed by atoms with Crippen LogP contribution in [0.25, 0.3) is 0 Å². The molecule has 1 N–H and O–H groups in total. The van der Waals surface area contributed by atoms with Gasteiger partial charge in [0.15, 0.2) is 0 Å². The number of sulfonamides is 1. The summed E-state index contributed by atoms with van der Waals surface area (Å²) in [5.41, 5.74) is 1.62. The number of hydrogen-bond donors (Lipinski definition) is 1. The number of benzene rings is 3. The lowest BCUT2D eigenvalue weighted by Gasteiger charge is -2.25. The van der Waals surface area contributed by atoms with Gasteiger partial charge in [0, 0.05) is 10.5 Å². The van der Waals surface area contributed by atoms with Crippen molar-refractivity contribution in [3.05, 3.63) is 95.0 Å². The van der Waals surface area contributed by atoms with E-state index in [1.807, 2.05) is 31.2 Å². The zero-order valence-electron chi connectivity index (χ0n) is 17.2. The predicted octanol–water partition coefficient (Wildman–Crippen LogP) is 4.78. The average Bonchev–Trinajstić information content (AvgIpc) is 2.77. The first-order chi connectivity index (χ1) is 14.9. The Balaban J connectivity index is 1.74. The summed E-state index contributed by atoms with van der Waals surface area (Å²) in [4.78, 5) is 12.9. The third kappa shape index (κ3) is 6.42. The van der Waals surface area contributed by atoms with Gasteiger partial charge >= 0.3 is 0 Å². The Morgan fingerprint density at radius 3 is 2.26 bits per heavy atom. The molecule has 0 bridgehead atoms. The minimum Gasteiger partial charge on any atom is -0.352 e. The number of carbonyl (C=O) groups is 1. The van der Waals surface area contributed by atoms with E-state index in [1.165, 1.54) is 17.7 Å². The first-order valence-electron chi connectivity index (χ1n) is 10.0. The maximum absolute atomic E-state index is 13.3. The Labute approximate surface area is 192 Å². The number of hydrogen-bond acceptors (Lipinski definition) is 3. The summed E-state index contributed by atoms with van der Waals surface area (Å²) in [6, 6.07) is 25.0. The molecule has 31 heavy (non-hydrogen) atoms. The number of nitrogens with zero attached hydrogens (tertiary/aromatic N) is 1. The van der Waals surface area contributed by atoms with Crippen molar-refractivity contribution in [2.24, 2.45) is 0 Å². The second kappa shape index (κ2) is 10.6. The Morgan fingerprint density at radius 1 is 0.968 bits per heavy atom. The fourth-order valence-electron chi connectivity index (χ4n) is 3.22. The molecular weight excluding hydrogens is 476 g/mol. The van der Waals surface area contributed by atoms with Gasteiger partial charge in [-0.1, -0.05) is 70.5 Å². The molecule has 0 radical (unpaired) electrons. The standard InChI is InChI=1S/C24H25BrN2O3S/c1-19(15-16-20-9-4-2-5-10-20)26-24(28)18-27(22-12-8-11-21(25)17-22)31(29,30)23-13-6-3-7-14-23/h2-14,17,19H,15-16,18H2,1H3,(H,26,28)/t19-/m0/s1. The van der Waals surface area contributed by atoms with Crippen LogP contribution in [0, 0.1) is 0 Å². The Morgan fingerprint density at radius 2 is 1.61 bits per heavy atom. The zero-order chi connectivity index (χ0) is 22.3. The summed E-state index contributed by atoms with van der Waals surface area (Å²) < 4.78 is 28.5. The summed E-state index contributed by atoms with van der Waals surface area (Å²) in [5.74, 6) is -0.347. The normalized spacial score (nSPS) is 12.2. The van der Waals surface area contributed by atoms with Gasteiger partial charge in [-0.3, -0.25) is 9.10 Å². The highest BCUT2D eigenvalue weighted by atomic mass is 79.9. The SMILES string of the molecule is C[C@@H](CCc1ccccc1)NC(=O)CN(c1cccc(Br)c1)S(=O)(=O)c1ccccc1. The van der Waals surface area contributed by atoms with E-state index in [9.17, 15) is 13.2 Å². The van der Waals surface area contributed by atoms with E-state index >= 15 is 0 Å². The van der Waals surface area contributed by atoms with Crippen LogP contribution in [-0.4, -0.2) is 26.9 Å².